The van der Waals surface area contributed by atoms with E-state index in [2.05, 4.69) is 15.1 Å². The molecule has 3 aromatic carbocycles. The van der Waals surface area contributed by atoms with Crippen LogP contribution in [0.5, 0.6) is 5.75 Å². The lowest BCUT2D eigenvalue weighted by Crippen LogP contribution is -2.07. The minimum atomic E-state index is -4.03. The summed E-state index contributed by atoms with van der Waals surface area (Å²) >= 11 is 0. The highest BCUT2D eigenvalue weighted by atomic mass is 32.2. The fourth-order valence-electron chi connectivity index (χ4n) is 3.62. The molecule has 2 heterocycles. The summed E-state index contributed by atoms with van der Waals surface area (Å²) in [5.41, 5.74) is 9.04. The van der Waals surface area contributed by atoms with E-state index in [4.69, 9.17) is 5.73 Å². The van der Waals surface area contributed by atoms with Crippen LogP contribution in [-0.2, 0) is 9.84 Å². The number of aromatic hydroxyl groups is 1. The maximum atomic E-state index is 13.6. The fraction of sp³-hybridized carbons (Fsp3) is 0.0417. The highest BCUT2D eigenvalue weighted by Crippen LogP contribution is 2.35. The van der Waals surface area contributed by atoms with Crippen molar-refractivity contribution in [1.82, 2.24) is 14.6 Å². The third-order valence-corrected chi connectivity index (χ3v) is 7.06. The smallest absolute Gasteiger partial charge is 0.212 e. The van der Waals surface area contributed by atoms with Crippen LogP contribution in [-0.4, -0.2) is 34.4 Å². The highest BCUT2D eigenvalue weighted by Gasteiger charge is 2.30. The largest absolute Gasteiger partial charge is 0.507 e. The molecule has 0 spiro atoms. The van der Waals surface area contributed by atoms with Gasteiger partial charge in [0.15, 0.2) is 5.65 Å². The van der Waals surface area contributed by atoms with Gasteiger partial charge in [0, 0.05) is 5.56 Å². The Balaban J connectivity index is 1.82. The van der Waals surface area contributed by atoms with Crippen molar-refractivity contribution >= 4 is 44.1 Å². The van der Waals surface area contributed by atoms with E-state index in [1.54, 1.807) is 48.5 Å². The molecule has 3 N–H and O–H groups in total. The van der Waals surface area contributed by atoms with Gasteiger partial charge in [-0.25, -0.2) is 18.4 Å². The maximum absolute atomic E-state index is 13.6. The molecule has 0 amide bonds. The first-order valence-corrected chi connectivity index (χ1v) is 11.6. The summed E-state index contributed by atoms with van der Waals surface area (Å²) in [7, 11) is -4.03. The Morgan fingerprint density at radius 1 is 0.970 bits per heavy atom. The van der Waals surface area contributed by atoms with E-state index in [1.165, 1.54) is 23.0 Å². The van der Waals surface area contributed by atoms with Crippen LogP contribution in [0.1, 0.15) is 11.1 Å². The zero-order valence-electron chi connectivity index (χ0n) is 17.5. The van der Waals surface area contributed by atoms with E-state index in [9.17, 15) is 13.5 Å². The molecule has 0 fully saturated rings. The van der Waals surface area contributed by atoms with Crippen molar-refractivity contribution < 1.29 is 13.5 Å². The number of nitrogens with two attached hydrogens (primary N) is 1. The summed E-state index contributed by atoms with van der Waals surface area (Å²) in [6.07, 6.45) is 1.39. The van der Waals surface area contributed by atoms with Crippen molar-refractivity contribution in [2.45, 2.75) is 16.7 Å². The van der Waals surface area contributed by atoms with Gasteiger partial charge in [0.25, 0.3) is 0 Å². The van der Waals surface area contributed by atoms with Crippen molar-refractivity contribution in [3.05, 3.63) is 83.9 Å². The van der Waals surface area contributed by atoms with E-state index in [-0.39, 0.29) is 32.5 Å². The summed E-state index contributed by atoms with van der Waals surface area (Å²) in [5.74, 6) is -0.0890. The van der Waals surface area contributed by atoms with E-state index in [0.29, 0.717) is 16.6 Å². The topological polar surface area (TPSA) is 123 Å². The van der Waals surface area contributed by atoms with Crippen molar-refractivity contribution in [1.29, 1.82) is 0 Å². The lowest BCUT2D eigenvalue weighted by atomic mass is 10.2. The molecule has 0 radical (unpaired) electrons. The van der Waals surface area contributed by atoms with Gasteiger partial charge in [-0.3, -0.25) is 0 Å². The number of aromatic nitrogens is 3. The Morgan fingerprint density at radius 2 is 1.67 bits per heavy atom. The minimum absolute atomic E-state index is 0.0282. The van der Waals surface area contributed by atoms with Crippen molar-refractivity contribution in [3.63, 3.8) is 0 Å². The van der Waals surface area contributed by atoms with Gasteiger partial charge >= 0.3 is 0 Å². The molecule has 2 aromatic heterocycles. The normalized spacial score (nSPS) is 12.2. The van der Waals surface area contributed by atoms with Crippen molar-refractivity contribution in [2.24, 2.45) is 5.10 Å². The summed E-state index contributed by atoms with van der Waals surface area (Å²) in [6, 6.07) is 20.4. The molecule has 0 atom stereocenters. The van der Waals surface area contributed by atoms with E-state index in [0.717, 1.165) is 5.56 Å². The molecular formula is C24H19N5O3S. The monoisotopic (exact) mass is 457 g/mol. The number of hydrogen-bond donors (Lipinski definition) is 2. The lowest BCUT2D eigenvalue weighted by molar-refractivity contribution is 0.474. The second-order valence-electron chi connectivity index (χ2n) is 7.53. The third-order valence-electron chi connectivity index (χ3n) is 5.25. The van der Waals surface area contributed by atoms with Crippen LogP contribution in [0, 0.1) is 6.92 Å². The highest BCUT2D eigenvalue weighted by molar-refractivity contribution is 7.92. The number of rotatable bonds is 4. The number of hydrogen-bond acceptors (Lipinski definition) is 7. The van der Waals surface area contributed by atoms with Gasteiger partial charge in [0.1, 0.15) is 22.0 Å². The van der Waals surface area contributed by atoms with Crippen molar-refractivity contribution in [3.8, 4) is 5.75 Å². The van der Waals surface area contributed by atoms with E-state index >= 15 is 0 Å². The minimum Gasteiger partial charge on any atom is -0.507 e. The Morgan fingerprint density at radius 3 is 2.39 bits per heavy atom. The van der Waals surface area contributed by atoms with Crippen LogP contribution in [0.2, 0.25) is 0 Å². The van der Waals surface area contributed by atoms with Crippen LogP contribution in [0.25, 0.3) is 22.2 Å². The predicted molar refractivity (Wildman–Crippen MR) is 127 cm³/mol. The van der Waals surface area contributed by atoms with Gasteiger partial charge in [-0.1, -0.05) is 36.4 Å². The zero-order chi connectivity index (χ0) is 23.2. The SMILES string of the molecule is Cc1cccc(S(=O)(=O)c2c(N)n(/N=C/c3ccccc3O)c3nc4ccccc4nc23)c1. The average Bonchev–Trinajstić information content (AvgIpc) is 3.07. The quantitative estimate of drug-likeness (QED) is 0.395. The zero-order valence-corrected chi connectivity index (χ0v) is 18.4. The summed E-state index contributed by atoms with van der Waals surface area (Å²) < 4.78 is 28.5. The second kappa shape index (κ2) is 7.72. The van der Waals surface area contributed by atoms with Crippen LogP contribution >= 0.6 is 0 Å². The second-order valence-corrected chi connectivity index (χ2v) is 9.42. The number of fused-ring (bicyclic) bond motifs is 2. The van der Waals surface area contributed by atoms with Gasteiger partial charge in [0.2, 0.25) is 9.84 Å². The number of benzene rings is 3. The summed E-state index contributed by atoms with van der Waals surface area (Å²) in [5, 5.41) is 14.4. The van der Waals surface area contributed by atoms with Crippen LogP contribution in [0.3, 0.4) is 0 Å². The van der Waals surface area contributed by atoms with Gasteiger partial charge < -0.3 is 10.8 Å². The molecule has 9 heteroatoms. The molecule has 0 saturated heterocycles. The van der Waals surface area contributed by atoms with Crippen LogP contribution in [0.15, 0.2) is 87.7 Å². The van der Waals surface area contributed by atoms with E-state index < -0.39 is 9.84 Å². The number of nitrogen functional groups attached to an aromatic ring is 1. The fourth-order valence-corrected chi connectivity index (χ4v) is 5.21. The van der Waals surface area contributed by atoms with Gasteiger partial charge in [-0.05, 0) is 48.9 Å². The van der Waals surface area contributed by atoms with Gasteiger partial charge in [-0.15, -0.1) is 0 Å². The van der Waals surface area contributed by atoms with Gasteiger partial charge in [0.05, 0.1) is 22.1 Å². The molecule has 0 aliphatic rings. The molecule has 0 aliphatic heterocycles. The summed E-state index contributed by atoms with van der Waals surface area (Å²) in [6.45, 7) is 1.82. The molecule has 0 aliphatic carbocycles. The Kier molecular flexibility index (Phi) is 4.83. The number of para-hydroxylation sites is 3. The molecule has 33 heavy (non-hydrogen) atoms. The summed E-state index contributed by atoms with van der Waals surface area (Å²) in [4.78, 5) is 9.13. The Bertz CT molecular complexity index is 1670. The average molecular weight is 458 g/mol. The number of sulfone groups is 1. The predicted octanol–water partition coefficient (Wildman–Crippen LogP) is 3.90. The Hall–Kier alpha value is -4.24. The number of phenolic OH excluding ortho intramolecular Hbond substituents is 1. The third kappa shape index (κ3) is 3.48. The molecule has 0 saturated carbocycles. The number of phenols is 1. The van der Waals surface area contributed by atoms with Crippen molar-refractivity contribution in [2.75, 3.05) is 5.73 Å². The maximum Gasteiger partial charge on any atom is 0.212 e. The molecule has 5 aromatic rings. The first-order valence-electron chi connectivity index (χ1n) is 10.1. The van der Waals surface area contributed by atoms with Crippen LogP contribution < -0.4 is 5.73 Å². The number of anilines is 1. The number of nitrogens with zero attached hydrogens (tertiary/aromatic N) is 4. The van der Waals surface area contributed by atoms with Crippen LogP contribution in [0.4, 0.5) is 5.82 Å². The molecule has 8 nitrogen and oxygen atoms in total. The number of aryl methyl sites for hydroxylation is 1. The standard InChI is InChI=1S/C24H19N5O3S/c1-15-7-6-9-17(13-15)33(31,32)22-21-24(28-19-11-4-3-10-18(19)27-21)29(23(22)25)26-14-16-8-2-5-12-20(16)30/h2-14,30H,25H2,1H3/b26-14+. The molecular weight excluding hydrogens is 438 g/mol. The lowest BCUT2D eigenvalue weighted by Gasteiger charge is -2.06. The van der Waals surface area contributed by atoms with E-state index in [1.807, 2.05) is 19.1 Å². The Labute approximate surface area is 189 Å². The molecule has 5 rings (SSSR count). The van der Waals surface area contributed by atoms with Gasteiger partial charge in [-0.2, -0.15) is 9.78 Å². The first kappa shape index (κ1) is 20.7. The first-order chi connectivity index (χ1) is 15.9. The molecule has 164 valence electrons. The molecule has 0 unspecified atom stereocenters. The molecule has 0 bridgehead atoms.